The summed E-state index contributed by atoms with van der Waals surface area (Å²) in [5.74, 6) is -3.28. The Bertz CT molecular complexity index is 539. The second-order valence-corrected chi connectivity index (χ2v) is 5.25. The van der Waals surface area contributed by atoms with E-state index < -0.39 is 29.6 Å². The van der Waals surface area contributed by atoms with Crippen molar-refractivity contribution in [2.75, 3.05) is 7.11 Å². The first kappa shape index (κ1) is 15.1. The fraction of sp³-hybridized carbons (Fsp3) is 0.375. The number of benzene rings is 1. The van der Waals surface area contributed by atoms with Gasteiger partial charge in [-0.25, -0.2) is 0 Å². The van der Waals surface area contributed by atoms with Crippen molar-refractivity contribution in [2.24, 2.45) is 5.92 Å². The number of ether oxygens (including phenoxy) is 3. The summed E-state index contributed by atoms with van der Waals surface area (Å²) in [5.41, 5.74) is 0.768. The summed E-state index contributed by atoms with van der Waals surface area (Å²) in [6.07, 6.45) is 1.55. The van der Waals surface area contributed by atoms with Crippen molar-refractivity contribution in [2.45, 2.75) is 25.6 Å². The van der Waals surface area contributed by atoms with E-state index in [9.17, 15) is 9.59 Å². The first-order valence-electron chi connectivity index (χ1n) is 6.60. The maximum absolute atomic E-state index is 12.1. The SMILES string of the molecule is C=CC(c1ccc(OC)cc1)C1C(=O)OC(C)(C)OC1=O. The van der Waals surface area contributed by atoms with Crippen LogP contribution in [0.25, 0.3) is 0 Å². The van der Waals surface area contributed by atoms with Crippen LogP contribution in [0.4, 0.5) is 0 Å². The molecule has 21 heavy (non-hydrogen) atoms. The van der Waals surface area contributed by atoms with Gasteiger partial charge in [-0.3, -0.25) is 9.59 Å². The maximum atomic E-state index is 12.1. The molecule has 1 unspecified atom stereocenters. The molecule has 0 saturated carbocycles. The van der Waals surface area contributed by atoms with Crippen LogP contribution in [0.2, 0.25) is 0 Å². The quantitative estimate of drug-likeness (QED) is 0.484. The highest BCUT2D eigenvalue weighted by atomic mass is 16.7. The molecule has 0 aliphatic carbocycles. The Balaban J connectivity index is 2.30. The van der Waals surface area contributed by atoms with Crippen LogP contribution in [0.15, 0.2) is 36.9 Å². The standard InChI is InChI=1S/C16H18O5/c1-5-12(10-6-8-11(19-4)9-7-10)13-14(17)20-16(2,3)21-15(13)18/h5-9,12-13H,1H2,2-4H3. The summed E-state index contributed by atoms with van der Waals surface area (Å²) in [6, 6.07) is 7.08. The molecule has 112 valence electrons. The van der Waals surface area contributed by atoms with Gasteiger partial charge in [0.05, 0.1) is 7.11 Å². The Morgan fingerprint density at radius 3 is 2.14 bits per heavy atom. The number of cyclic esters (lactones) is 2. The van der Waals surface area contributed by atoms with Crippen molar-refractivity contribution in [3.05, 3.63) is 42.5 Å². The average molecular weight is 290 g/mol. The monoisotopic (exact) mass is 290 g/mol. The fourth-order valence-corrected chi connectivity index (χ4v) is 2.31. The molecule has 1 aliphatic heterocycles. The van der Waals surface area contributed by atoms with Gasteiger partial charge in [0, 0.05) is 19.8 Å². The van der Waals surface area contributed by atoms with Crippen molar-refractivity contribution in [1.29, 1.82) is 0 Å². The lowest BCUT2D eigenvalue weighted by Crippen LogP contribution is -2.48. The molecule has 1 aromatic carbocycles. The molecule has 5 nitrogen and oxygen atoms in total. The highest BCUT2D eigenvalue weighted by Gasteiger charge is 2.46. The predicted octanol–water partition coefficient (Wildman–Crippen LogP) is 2.42. The number of esters is 2. The highest BCUT2D eigenvalue weighted by molar-refractivity contribution is 5.98. The Morgan fingerprint density at radius 1 is 1.19 bits per heavy atom. The zero-order valence-electron chi connectivity index (χ0n) is 12.3. The summed E-state index contributed by atoms with van der Waals surface area (Å²) in [7, 11) is 1.57. The van der Waals surface area contributed by atoms with E-state index in [4.69, 9.17) is 14.2 Å². The molecule has 0 spiro atoms. The normalized spacial score (nSPS) is 19.4. The molecular formula is C16H18O5. The summed E-state index contributed by atoms with van der Waals surface area (Å²) in [6.45, 7) is 6.76. The number of allylic oxidation sites excluding steroid dienone is 1. The van der Waals surface area contributed by atoms with Gasteiger partial charge in [0.25, 0.3) is 5.79 Å². The van der Waals surface area contributed by atoms with E-state index in [1.807, 2.05) is 0 Å². The van der Waals surface area contributed by atoms with Gasteiger partial charge >= 0.3 is 11.9 Å². The highest BCUT2D eigenvalue weighted by Crippen LogP contribution is 2.34. The van der Waals surface area contributed by atoms with Gasteiger partial charge in [-0.2, -0.15) is 0 Å². The van der Waals surface area contributed by atoms with Gasteiger partial charge in [-0.15, -0.1) is 6.58 Å². The third-order valence-electron chi connectivity index (χ3n) is 3.31. The Morgan fingerprint density at radius 2 is 1.71 bits per heavy atom. The lowest BCUT2D eigenvalue weighted by atomic mass is 9.85. The van der Waals surface area contributed by atoms with Gasteiger partial charge in [-0.1, -0.05) is 18.2 Å². The maximum Gasteiger partial charge on any atom is 0.324 e. The van der Waals surface area contributed by atoms with Gasteiger partial charge in [0.1, 0.15) is 5.75 Å². The third-order valence-corrected chi connectivity index (χ3v) is 3.31. The molecule has 0 radical (unpaired) electrons. The van der Waals surface area contributed by atoms with Gasteiger partial charge in [-0.05, 0) is 17.7 Å². The van der Waals surface area contributed by atoms with Crippen molar-refractivity contribution in [3.8, 4) is 5.75 Å². The fourth-order valence-electron chi connectivity index (χ4n) is 2.31. The smallest absolute Gasteiger partial charge is 0.324 e. The number of hydrogen-bond donors (Lipinski definition) is 0. The molecule has 5 heteroatoms. The molecule has 0 amide bonds. The minimum atomic E-state index is -1.23. The van der Waals surface area contributed by atoms with E-state index in [2.05, 4.69) is 6.58 Å². The predicted molar refractivity (Wildman–Crippen MR) is 75.7 cm³/mol. The lowest BCUT2D eigenvalue weighted by molar-refractivity contribution is -0.240. The lowest BCUT2D eigenvalue weighted by Gasteiger charge is -2.35. The van der Waals surface area contributed by atoms with E-state index in [1.165, 1.54) is 13.8 Å². The molecule has 1 fully saturated rings. The average Bonchev–Trinajstić information content (AvgIpc) is 2.42. The summed E-state index contributed by atoms with van der Waals surface area (Å²) in [4.78, 5) is 24.2. The van der Waals surface area contributed by atoms with Crippen LogP contribution in [-0.4, -0.2) is 24.8 Å². The Kier molecular flexibility index (Phi) is 4.02. The first-order valence-corrected chi connectivity index (χ1v) is 6.60. The van der Waals surface area contributed by atoms with Crippen LogP contribution >= 0.6 is 0 Å². The van der Waals surface area contributed by atoms with Crippen LogP contribution in [0.5, 0.6) is 5.75 Å². The topological polar surface area (TPSA) is 61.8 Å². The van der Waals surface area contributed by atoms with Crippen molar-refractivity contribution in [1.82, 2.24) is 0 Å². The first-order chi connectivity index (χ1) is 9.88. The van der Waals surface area contributed by atoms with Crippen molar-refractivity contribution >= 4 is 11.9 Å². The van der Waals surface area contributed by atoms with Crippen LogP contribution in [0, 0.1) is 5.92 Å². The van der Waals surface area contributed by atoms with Crippen molar-refractivity contribution in [3.63, 3.8) is 0 Å². The summed E-state index contributed by atoms with van der Waals surface area (Å²) >= 11 is 0. The molecule has 1 saturated heterocycles. The van der Waals surface area contributed by atoms with Crippen LogP contribution in [0.1, 0.15) is 25.3 Å². The summed E-state index contributed by atoms with van der Waals surface area (Å²) < 4.78 is 15.4. The second kappa shape index (κ2) is 5.60. The molecule has 0 bridgehead atoms. The molecule has 1 aromatic rings. The van der Waals surface area contributed by atoms with Gasteiger partial charge in [0.2, 0.25) is 0 Å². The molecule has 2 rings (SSSR count). The van der Waals surface area contributed by atoms with E-state index >= 15 is 0 Å². The van der Waals surface area contributed by atoms with Gasteiger partial charge in [0.15, 0.2) is 5.92 Å². The van der Waals surface area contributed by atoms with Crippen LogP contribution < -0.4 is 4.74 Å². The Hall–Kier alpha value is -2.30. The third kappa shape index (κ3) is 3.07. The Labute approximate surface area is 123 Å². The zero-order chi connectivity index (χ0) is 15.6. The van der Waals surface area contributed by atoms with Crippen molar-refractivity contribution < 1.29 is 23.8 Å². The van der Waals surface area contributed by atoms with E-state index in [0.29, 0.717) is 5.75 Å². The minimum absolute atomic E-state index is 0.507. The molecular weight excluding hydrogens is 272 g/mol. The number of rotatable bonds is 4. The van der Waals surface area contributed by atoms with E-state index in [-0.39, 0.29) is 0 Å². The molecule has 1 heterocycles. The van der Waals surface area contributed by atoms with Gasteiger partial charge < -0.3 is 14.2 Å². The minimum Gasteiger partial charge on any atom is -0.497 e. The molecule has 0 N–H and O–H groups in total. The van der Waals surface area contributed by atoms with E-state index in [0.717, 1.165) is 5.56 Å². The zero-order valence-corrected chi connectivity index (χ0v) is 12.3. The van der Waals surface area contributed by atoms with E-state index in [1.54, 1.807) is 37.5 Å². The molecule has 1 atom stereocenters. The largest absolute Gasteiger partial charge is 0.497 e. The number of methoxy groups -OCH3 is 1. The number of carbonyl (C=O) groups is 2. The molecule has 0 aromatic heterocycles. The molecule has 1 aliphatic rings. The van der Waals surface area contributed by atoms with Crippen LogP contribution in [0.3, 0.4) is 0 Å². The van der Waals surface area contributed by atoms with Crippen LogP contribution in [-0.2, 0) is 19.1 Å². The second-order valence-electron chi connectivity index (χ2n) is 5.25. The number of hydrogen-bond acceptors (Lipinski definition) is 5. The summed E-state index contributed by atoms with van der Waals surface area (Å²) in [5, 5.41) is 0. The number of carbonyl (C=O) groups excluding carboxylic acids is 2.